The summed E-state index contributed by atoms with van der Waals surface area (Å²) >= 11 is 0. The maximum Gasteiger partial charge on any atom is 0.0643 e. The molecule has 2 aromatic carbocycles. The van der Waals surface area contributed by atoms with Crippen LogP contribution in [0.25, 0.3) is 0 Å². The minimum absolute atomic E-state index is 0.756. The van der Waals surface area contributed by atoms with Crippen molar-refractivity contribution in [2.75, 3.05) is 19.0 Å². The average Bonchev–Trinajstić information content (AvgIpc) is 2.52. The van der Waals surface area contributed by atoms with E-state index in [1.807, 2.05) is 6.07 Å². The van der Waals surface area contributed by atoms with E-state index in [1.165, 1.54) is 22.5 Å². The van der Waals surface area contributed by atoms with E-state index < -0.39 is 0 Å². The average molecular weight is 280 g/mol. The van der Waals surface area contributed by atoms with E-state index in [2.05, 4.69) is 74.4 Å². The molecule has 0 spiro atoms. The van der Waals surface area contributed by atoms with E-state index in [0.717, 1.165) is 19.4 Å². The van der Waals surface area contributed by atoms with Gasteiger partial charge in [0.05, 0.1) is 6.54 Å². The van der Waals surface area contributed by atoms with E-state index >= 15 is 0 Å². The first-order chi connectivity index (χ1) is 10.2. The fourth-order valence-electron chi connectivity index (χ4n) is 2.27. The summed E-state index contributed by atoms with van der Waals surface area (Å²) in [5, 5.41) is 0. The van der Waals surface area contributed by atoms with E-state index in [9.17, 15) is 0 Å². The van der Waals surface area contributed by atoms with Crippen molar-refractivity contribution in [1.29, 1.82) is 0 Å². The van der Waals surface area contributed by atoms with Crippen molar-refractivity contribution >= 4 is 11.4 Å². The van der Waals surface area contributed by atoms with Crippen LogP contribution in [-0.4, -0.2) is 19.8 Å². The highest BCUT2D eigenvalue weighted by atomic mass is 15.1. The van der Waals surface area contributed by atoms with Crippen LogP contribution in [-0.2, 0) is 6.54 Å². The molecule has 2 rings (SSSR count). The van der Waals surface area contributed by atoms with Crippen molar-refractivity contribution in [3.63, 3.8) is 0 Å². The molecule has 0 radical (unpaired) electrons. The van der Waals surface area contributed by atoms with Gasteiger partial charge in [0.15, 0.2) is 0 Å². The normalized spacial score (nSPS) is 11.5. The van der Waals surface area contributed by atoms with Crippen LogP contribution in [0.5, 0.6) is 0 Å². The molecule has 0 bridgehead atoms. The topological polar surface area (TPSA) is 15.6 Å². The van der Waals surface area contributed by atoms with Gasteiger partial charge >= 0.3 is 0 Å². The van der Waals surface area contributed by atoms with Gasteiger partial charge in [-0.15, -0.1) is 0 Å². The van der Waals surface area contributed by atoms with Crippen LogP contribution < -0.4 is 4.90 Å². The number of benzene rings is 2. The van der Waals surface area contributed by atoms with Crippen LogP contribution in [0, 0.1) is 0 Å². The van der Waals surface area contributed by atoms with Crippen molar-refractivity contribution in [3.05, 3.63) is 65.7 Å². The molecule has 0 unspecified atom stereocenters. The minimum Gasteiger partial charge on any atom is -0.378 e. The van der Waals surface area contributed by atoms with Crippen molar-refractivity contribution in [3.8, 4) is 0 Å². The summed E-state index contributed by atoms with van der Waals surface area (Å²) in [7, 11) is 4.12. The number of hydrogen-bond donors (Lipinski definition) is 0. The van der Waals surface area contributed by atoms with Crippen LogP contribution >= 0.6 is 0 Å². The third-order valence-electron chi connectivity index (χ3n) is 3.50. The van der Waals surface area contributed by atoms with E-state index in [1.54, 1.807) is 0 Å². The Balaban J connectivity index is 2.17. The summed E-state index contributed by atoms with van der Waals surface area (Å²) in [6.45, 7) is 2.96. The Bertz CT molecular complexity index is 568. The maximum atomic E-state index is 4.83. The highest BCUT2D eigenvalue weighted by Gasteiger charge is 2.03. The summed E-state index contributed by atoms with van der Waals surface area (Å²) in [6.07, 6.45) is 2.14. The van der Waals surface area contributed by atoms with E-state index in [0.29, 0.717) is 0 Å². The van der Waals surface area contributed by atoms with Gasteiger partial charge in [0.25, 0.3) is 0 Å². The molecule has 0 atom stereocenters. The highest BCUT2D eigenvalue weighted by molar-refractivity contribution is 6.00. The number of aliphatic imine (C=N–C) groups is 1. The fraction of sp³-hybridized carbons (Fsp3) is 0.316. The lowest BCUT2D eigenvalue weighted by Crippen LogP contribution is -2.09. The largest absolute Gasteiger partial charge is 0.378 e. The SMILES string of the molecule is CCCC(=NCc1ccccc1)c1ccc(N(C)C)cc1. The Kier molecular flexibility index (Phi) is 5.56. The quantitative estimate of drug-likeness (QED) is 0.709. The molecule has 2 heteroatoms. The number of nitrogens with zero attached hydrogens (tertiary/aromatic N) is 2. The lowest BCUT2D eigenvalue weighted by molar-refractivity contribution is 0.965. The molecule has 21 heavy (non-hydrogen) atoms. The van der Waals surface area contributed by atoms with Crippen molar-refractivity contribution in [2.45, 2.75) is 26.3 Å². The Labute approximate surface area is 128 Å². The van der Waals surface area contributed by atoms with Gasteiger partial charge in [-0.2, -0.15) is 0 Å². The van der Waals surface area contributed by atoms with Crippen LogP contribution in [0.3, 0.4) is 0 Å². The Morgan fingerprint density at radius 2 is 1.62 bits per heavy atom. The van der Waals surface area contributed by atoms with Crippen LogP contribution in [0.2, 0.25) is 0 Å². The summed E-state index contributed by atoms with van der Waals surface area (Å²) in [6, 6.07) is 19.1. The zero-order valence-corrected chi connectivity index (χ0v) is 13.2. The molecule has 0 saturated carbocycles. The molecule has 2 aromatic rings. The summed E-state index contributed by atoms with van der Waals surface area (Å²) in [4.78, 5) is 6.95. The zero-order valence-electron chi connectivity index (χ0n) is 13.2. The molecule has 0 aliphatic heterocycles. The molecule has 0 amide bonds. The van der Waals surface area contributed by atoms with Gasteiger partial charge in [-0.25, -0.2) is 0 Å². The molecule has 0 aliphatic rings. The Morgan fingerprint density at radius 1 is 0.952 bits per heavy atom. The molecule has 0 saturated heterocycles. The molecule has 0 aromatic heterocycles. The molecule has 0 heterocycles. The van der Waals surface area contributed by atoms with Gasteiger partial charge in [0.2, 0.25) is 0 Å². The molecule has 2 nitrogen and oxygen atoms in total. The van der Waals surface area contributed by atoms with Crippen LogP contribution in [0.1, 0.15) is 30.9 Å². The molecule has 0 fully saturated rings. The van der Waals surface area contributed by atoms with Crippen molar-refractivity contribution < 1.29 is 0 Å². The number of rotatable bonds is 6. The third kappa shape index (κ3) is 4.45. The van der Waals surface area contributed by atoms with Gasteiger partial charge in [-0.1, -0.05) is 55.8 Å². The standard InChI is InChI=1S/C19H24N2/c1-4-8-19(20-15-16-9-6-5-7-10-16)17-11-13-18(14-12-17)21(2)3/h5-7,9-14H,4,8,15H2,1-3H3. The third-order valence-corrected chi connectivity index (χ3v) is 3.50. The maximum absolute atomic E-state index is 4.83. The first-order valence-electron chi connectivity index (χ1n) is 7.55. The first-order valence-corrected chi connectivity index (χ1v) is 7.55. The molecule has 0 N–H and O–H groups in total. The van der Waals surface area contributed by atoms with Gasteiger partial charge in [-0.3, -0.25) is 4.99 Å². The van der Waals surface area contributed by atoms with Gasteiger partial charge in [0.1, 0.15) is 0 Å². The van der Waals surface area contributed by atoms with E-state index in [4.69, 9.17) is 4.99 Å². The Morgan fingerprint density at radius 3 is 2.19 bits per heavy atom. The highest BCUT2D eigenvalue weighted by Crippen LogP contribution is 2.15. The lowest BCUT2D eigenvalue weighted by atomic mass is 10.1. The molecule has 0 aliphatic carbocycles. The van der Waals surface area contributed by atoms with Gasteiger partial charge < -0.3 is 4.90 Å². The van der Waals surface area contributed by atoms with Crippen molar-refractivity contribution in [2.24, 2.45) is 4.99 Å². The first kappa shape index (κ1) is 15.3. The summed E-state index contributed by atoms with van der Waals surface area (Å²) in [5.74, 6) is 0. The zero-order chi connectivity index (χ0) is 15.1. The van der Waals surface area contributed by atoms with E-state index in [-0.39, 0.29) is 0 Å². The minimum atomic E-state index is 0.756. The molecule has 110 valence electrons. The predicted octanol–water partition coefficient (Wildman–Crippen LogP) is 4.54. The predicted molar refractivity (Wildman–Crippen MR) is 92.4 cm³/mol. The second-order valence-electron chi connectivity index (χ2n) is 5.44. The fourth-order valence-corrected chi connectivity index (χ4v) is 2.27. The number of hydrogen-bond acceptors (Lipinski definition) is 2. The monoisotopic (exact) mass is 280 g/mol. The second kappa shape index (κ2) is 7.63. The lowest BCUT2D eigenvalue weighted by Gasteiger charge is -2.13. The van der Waals surface area contributed by atoms with Crippen molar-refractivity contribution in [1.82, 2.24) is 0 Å². The molecular formula is C19H24N2. The number of anilines is 1. The summed E-state index contributed by atoms with van der Waals surface area (Å²) in [5.41, 5.74) is 4.92. The van der Waals surface area contributed by atoms with Gasteiger partial charge in [0, 0.05) is 25.5 Å². The van der Waals surface area contributed by atoms with Gasteiger partial charge in [-0.05, 0) is 29.7 Å². The molecular weight excluding hydrogens is 256 g/mol. The summed E-state index contributed by atoms with van der Waals surface area (Å²) < 4.78 is 0. The van der Waals surface area contributed by atoms with Crippen LogP contribution in [0.15, 0.2) is 59.6 Å². The van der Waals surface area contributed by atoms with Crippen LogP contribution in [0.4, 0.5) is 5.69 Å². The Hall–Kier alpha value is -2.09. The second-order valence-corrected chi connectivity index (χ2v) is 5.44. The smallest absolute Gasteiger partial charge is 0.0643 e.